The summed E-state index contributed by atoms with van der Waals surface area (Å²) in [4.78, 5) is 8.50. The van der Waals surface area contributed by atoms with Crippen LogP contribution in [0.25, 0.3) is 0 Å². The second-order valence-corrected chi connectivity index (χ2v) is 4.08. The lowest BCUT2D eigenvalue weighted by Gasteiger charge is -2.24. The lowest BCUT2D eigenvalue weighted by atomic mass is 10.4. The minimum Gasteiger partial charge on any atom is -0.347 e. The number of halogens is 5. The van der Waals surface area contributed by atoms with Gasteiger partial charge in [-0.3, -0.25) is 0 Å². The van der Waals surface area contributed by atoms with Crippen molar-refractivity contribution in [2.75, 3.05) is 18.0 Å². The van der Waals surface area contributed by atoms with E-state index in [9.17, 15) is 13.2 Å². The molecule has 0 unspecified atom stereocenters. The first-order valence-electron chi connectivity index (χ1n) is 4.33. The third kappa shape index (κ3) is 3.48. The SMILES string of the molecule is CCN(CC(F)(F)F)c1ncnc(Cl)c1Br. The van der Waals surface area contributed by atoms with E-state index in [4.69, 9.17) is 11.6 Å². The largest absolute Gasteiger partial charge is 0.405 e. The van der Waals surface area contributed by atoms with Crippen molar-refractivity contribution in [2.45, 2.75) is 13.1 Å². The highest BCUT2D eigenvalue weighted by atomic mass is 79.9. The average molecular weight is 319 g/mol. The fourth-order valence-corrected chi connectivity index (χ4v) is 1.70. The molecule has 0 amide bonds. The van der Waals surface area contributed by atoms with Crippen LogP contribution in [0.3, 0.4) is 0 Å². The van der Waals surface area contributed by atoms with E-state index in [1.807, 2.05) is 0 Å². The molecule has 0 spiro atoms. The van der Waals surface area contributed by atoms with Gasteiger partial charge in [0.05, 0.1) is 4.47 Å². The zero-order valence-electron chi connectivity index (χ0n) is 8.22. The molecule has 0 aliphatic carbocycles. The summed E-state index contributed by atoms with van der Waals surface area (Å²) in [5.41, 5.74) is 0. The molecule has 90 valence electrons. The summed E-state index contributed by atoms with van der Waals surface area (Å²) >= 11 is 8.74. The van der Waals surface area contributed by atoms with Gasteiger partial charge in [0, 0.05) is 6.54 Å². The molecular formula is C8H8BrClF3N3. The van der Waals surface area contributed by atoms with Crippen LogP contribution in [-0.4, -0.2) is 29.2 Å². The maximum atomic E-state index is 12.3. The molecule has 0 fully saturated rings. The molecule has 1 rings (SSSR count). The average Bonchev–Trinajstić information content (AvgIpc) is 2.18. The van der Waals surface area contributed by atoms with Gasteiger partial charge in [0.2, 0.25) is 0 Å². The molecule has 1 aromatic rings. The number of hydrogen-bond donors (Lipinski definition) is 0. The lowest BCUT2D eigenvalue weighted by molar-refractivity contribution is -0.119. The number of alkyl halides is 3. The smallest absolute Gasteiger partial charge is 0.347 e. The van der Waals surface area contributed by atoms with E-state index in [2.05, 4.69) is 25.9 Å². The quantitative estimate of drug-likeness (QED) is 0.801. The molecule has 3 nitrogen and oxygen atoms in total. The molecule has 0 N–H and O–H groups in total. The maximum Gasteiger partial charge on any atom is 0.405 e. The Bertz CT molecular complexity index is 372. The minimum atomic E-state index is -4.28. The second-order valence-electron chi connectivity index (χ2n) is 2.93. The Balaban J connectivity index is 3.00. The Hall–Kier alpha value is -0.560. The summed E-state index contributed by atoms with van der Waals surface area (Å²) in [6, 6.07) is 0. The van der Waals surface area contributed by atoms with Crippen molar-refractivity contribution in [3.63, 3.8) is 0 Å². The molecule has 8 heteroatoms. The zero-order chi connectivity index (χ0) is 12.3. The molecule has 0 radical (unpaired) electrons. The van der Waals surface area contributed by atoms with Crippen molar-refractivity contribution in [1.29, 1.82) is 0 Å². The lowest BCUT2D eigenvalue weighted by Crippen LogP contribution is -2.34. The molecule has 1 heterocycles. The number of rotatable bonds is 3. The first-order valence-corrected chi connectivity index (χ1v) is 5.50. The van der Waals surface area contributed by atoms with Gasteiger partial charge in [-0.2, -0.15) is 13.2 Å². The van der Waals surface area contributed by atoms with E-state index in [0.29, 0.717) is 0 Å². The van der Waals surface area contributed by atoms with Crippen LogP contribution in [0.5, 0.6) is 0 Å². The van der Waals surface area contributed by atoms with Crippen molar-refractivity contribution in [1.82, 2.24) is 9.97 Å². The summed E-state index contributed by atoms with van der Waals surface area (Å²) in [5.74, 6) is 0.139. The van der Waals surface area contributed by atoms with Gasteiger partial charge in [0.15, 0.2) is 0 Å². The fraction of sp³-hybridized carbons (Fsp3) is 0.500. The van der Waals surface area contributed by atoms with Crippen molar-refractivity contribution in [2.24, 2.45) is 0 Å². The van der Waals surface area contributed by atoms with E-state index in [1.54, 1.807) is 6.92 Å². The number of aromatic nitrogens is 2. The van der Waals surface area contributed by atoms with Gasteiger partial charge in [-0.25, -0.2) is 9.97 Å². The maximum absolute atomic E-state index is 12.3. The first kappa shape index (κ1) is 13.5. The monoisotopic (exact) mass is 317 g/mol. The standard InChI is InChI=1S/C8H8BrClF3N3/c1-2-16(3-8(11,12)13)7-5(9)6(10)14-4-15-7/h4H,2-3H2,1H3. The third-order valence-electron chi connectivity index (χ3n) is 1.78. The molecular weight excluding hydrogens is 310 g/mol. The second kappa shape index (κ2) is 5.18. The van der Waals surface area contributed by atoms with Crippen molar-refractivity contribution >= 4 is 33.3 Å². The van der Waals surface area contributed by atoms with Crippen LogP contribution in [0.1, 0.15) is 6.92 Å². The molecule has 0 atom stereocenters. The van der Waals surface area contributed by atoms with Gasteiger partial charge in [-0.05, 0) is 22.9 Å². The third-order valence-corrected chi connectivity index (χ3v) is 3.02. The van der Waals surface area contributed by atoms with Crippen LogP contribution in [0.4, 0.5) is 19.0 Å². The van der Waals surface area contributed by atoms with Gasteiger partial charge >= 0.3 is 6.18 Å². The van der Waals surface area contributed by atoms with Crippen LogP contribution in [-0.2, 0) is 0 Å². The molecule has 0 saturated carbocycles. The summed E-state index contributed by atoms with van der Waals surface area (Å²) < 4.78 is 37.1. The summed E-state index contributed by atoms with van der Waals surface area (Å²) in [6.07, 6.45) is -3.16. The molecule has 0 aromatic carbocycles. The molecule has 0 aliphatic heterocycles. The van der Waals surface area contributed by atoms with Crippen molar-refractivity contribution in [3.8, 4) is 0 Å². The molecule has 0 saturated heterocycles. The minimum absolute atomic E-state index is 0.0885. The van der Waals surface area contributed by atoms with Crippen molar-refractivity contribution < 1.29 is 13.2 Å². The number of nitrogens with zero attached hydrogens (tertiary/aromatic N) is 3. The zero-order valence-corrected chi connectivity index (χ0v) is 10.6. The molecule has 0 bridgehead atoms. The van der Waals surface area contributed by atoms with Crippen molar-refractivity contribution in [3.05, 3.63) is 16.0 Å². The predicted molar refractivity (Wildman–Crippen MR) is 58.7 cm³/mol. The normalized spacial score (nSPS) is 11.6. The Labute approximate surface area is 104 Å². The van der Waals surface area contributed by atoms with Crippen LogP contribution in [0, 0.1) is 0 Å². The first-order chi connectivity index (χ1) is 7.35. The topological polar surface area (TPSA) is 29.0 Å². The van der Waals surface area contributed by atoms with E-state index >= 15 is 0 Å². The van der Waals surface area contributed by atoms with Crippen LogP contribution < -0.4 is 4.90 Å². The summed E-state index contributed by atoms with van der Waals surface area (Å²) in [6.45, 7) is 0.703. The molecule has 1 aromatic heterocycles. The Morgan fingerprint density at radius 3 is 2.56 bits per heavy atom. The number of hydrogen-bond acceptors (Lipinski definition) is 3. The van der Waals surface area contributed by atoms with Crippen LogP contribution in [0.2, 0.25) is 5.15 Å². The van der Waals surface area contributed by atoms with E-state index < -0.39 is 12.7 Å². The highest BCUT2D eigenvalue weighted by Gasteiger charge is 2.31. The van der Waals surface area contributed by atoms with Crippen LogP contribution >= 0.6 is 27.5 Å². The van der Waals surface area contributed by atoms with Crippen LogP contribution in [0.15, 0.2) is 10.8 Å². The Morgan fingerprint density at radius 1 is 1.44 bits per heavy atom. The highest BCUT2D eigenvalue weighted by Crippen LogP contribution is 2.30. The Morgan fingerprint density at radius 2 is 2.06 bits per heavy atom. The van der Waals surface area contributed by atoms with E-state index in [1.165, 1.54) is 0 Å². The molecule has 0 aliphatic rings. The number of anilines is 1. The van der Waals surface area contributed by atoms with Gasteiger partial charge < -0.3 is 4.90 Å². The van der Waals surface area contributed by atoms with Gasteiger partial charge in [-0.1, -0.05) is 11.6 Å². The predicted octanol–water partition coefficient (Wildman–Crippen LogP) is 3.28. The van der Waals surface area contributed by atoms with Gasteiger partial charge in [-0.15, -0.1) is 0 Å². The van der Waals surface area contributed by atoms with E-state index in [-0.39, 0.29) is 22.0 Å². The highest BCUT2D eigenvalue weighted by molar-refractivity contribution is 9.10. The molecule has 16 heavy (non-hydrogen) atoms. The fourth-order valence-electron chi connectivity index (χ4n) is 1.11. The summed E-state index contributed by atoms with van der Waals surface area (Å²) in [7, 11) is 0. The van der Waals surface area contributed by atoms with E-state index in [0.717, 1.165) is 11.2 Å². The Kier molecular flexibility index (Phi) is 4.37. The van der Waals surface area contributed by atoms with Gasteiger partial charge in [0.25, 0.3) is 0 Å². The van der Waals surface area contributed by atoms with Gasteiger partial charge in [0.1, 0.15) is 23.8 Å². The summed E-state index contributed by atoms with van der Waals surface area (Å²) in [5, 5.41) is 0.0885.